The summed E-state index contributed by atoms with van der Waals surface area (Å²) in [5, 5.41) is 0. The first-order chi connectivity index (χ1) is 16.7. The number of hydrogen-bond acceptors (Lipinski definition) is 5. The number of unbranched alkanes of at least 4 members (excludes halogenated alkanes) is 1. The number of carbonyl (C=O) groups is 1. The second-order valence-corrected chi connectivity index (χ2v) is 11.4. The van der Waals surface area contributed by atoms with Crippen molar-refractivity contribution in [3.05, 3.63) is 57.9 Å². The molecule has 190 valence electrons. The monoisotopic (exact) mass is 517 g/mol. The maximum Gasteiger partial charge on any atom is 0.279 e. The SMILES string of the molecule is CCCCN(CC)S(=O)(=O)c1ccc(C(=O)N=c2sc3cc(C)cc(C)c3n2CCOCC)cc1. The van der Waals surface area contributed by atoms with Crippen molar-refractivity contribution < 1.29 is 17.9 Å². The molecule has 7 nitrogen and oxygen atoms in total. The maximum atomic E-state index is 13.1. The third-order valence-corrected chi connectivity index (χ3v) is 8.84. The van der Waals surface area contributed by atoms with Gasteiger partial charge >= 0.3 is 0 Å². The van der Waals surface area contributed by atoms with Gasteiger partial charge in [-0.05, 0) is 68.7 Å². The van der Waals surface area contributed by atoms with Crippen molar-refractivity contribution in [1.82, 2.24) is 8.87 Å². The van der Waals surface area contributed by atoms with E-state index < -0.39 is 15.9 Å². The smallest absolute Gasteiger partial charge is 0.279 e. The summed E-state index contributed by atoms with van der Waals surface area (Å²) >= 11 is 1.47. The standard InChI is InChI=1S/C26H35N3O4S2/c1-6-9-14-28(7-2)35(31,32)22-12-10-21(11-13-22)25(30)27-26-29(15-16-33-8-3)24-20(5)17-19(4)18-23(24)34-26/h10-13,17-18H,6-9,14-16H2,1-5H3. The Bertz CT molecular complexity index is 1340. The summed E-state index contributed by atoms with van der Waals surface area (Å²) in [6, 6.07) is 10.3. The van der Waals surface area contributed by atoms with Gasteiger partial charge in [-0.3, -0.25) is 4.79 Å². The third kappa shape index (κ3) is 6.27. The number of sulfonamides is 1. The first-order valence-electron chi connectivity index (χ1n) is 12.1. The van der Waals surface area contributed by atoms with Gasteiger partial charge in [0.05, 0.1) is 21.7 Å². The summed E-state index contributed by atoms with van der Waals surface area (Å²) in [7, 11) is -3.60. The number of fused-ring (bicyclic) bond motifs is 1. The Morgan fingerprint density at radius 3 is 2.46 bits per heavy atom. The van der Waals surface area contributed by atoms with Gasteiger partial charge in [0.25, 0.3) is 5.91 Å². The number of carbonyl (C=O) groups excluding carboxylic acids is 1. The molecular formula is C26H35N3O4S2. The fraction of sp³-hybridized carbons (Fsp3) is 0.462. The second-order valence-electron chi connectivity index (χ2n) is 8.45. The second kappa shape index (κ2) is 12.1. The third-order valence-electron chi connectivity index (χ3n) is 5.83. The molecular weight excluding hydrogens is 482 g/mol. The van der Waals surface area contributed by atoms with Crippen molar-refractivity contribution in [2.45, 2.75) is 58.9 Å². The number of aryl methyl sites for hydroxylation is 2. The van der Waals surface area contributed by atoms with Crippen molar-refractivity contribution in [2.75, 3.05) is 26.3 Å². The molecule has 1 aromatic heterocycles. The molecule has 35 heavy (non-hydrogen) atoms. The molecule has 0 unspecified atom stereocenters. The molecule has 0 N–H and O–H groups in total. The molecule has 0 atom stereocenters. The first-order valence-corrected chi connectivity index (χ1v) is 14.4. The normalized spacial score (nSPS) is 12.7. The molecule has 3 rings (SSSR count). The minimum atomic E-state index is -3.60. The Morgan fingerprint density at radius 2 is 1.83 bits per heavy atom. The lowest BCUT2D eigenvalue weighted by molar-refractivity contribution is 0.0996. The number of aromatic nitrogens is 1. The van der Waals surface area contributed by atoms with Crippen LogP contribution in [0, 0.1) is 13.8 Å². The topological polar surface area (TPSA) is 81.0 Å². The number of nitrogens with zero attached hydrogens (tertiary/aromatic N) is 3. The van der Waals surface area contributed by atoms with E-state index in [9.17, 15) is 13.2 Å². The van der Waals surface area contributed by atoms with E-state index in [0.29, 0.717) is 43.2 Å². The predicted molar refractivity (Wildman–Crippen MR) is 141 cm³/mol. The largest absolute Gasteiger partial charge is 0.380 e. The molecule has 0 radical (unpaired) electrons. The summed E-state index contributed by atoms with van der Waals surface area (Å²) in [4.78, 5) is 18.3. The zero-order valence-electron chi connectivity index (χ0n) is 21.2. The van der Waals surface area contributed by atoms with E-state index in [1.165, 1.54) is 27.8 Å². The van der Waals surface area contributed by atoms with Gasteiger partial charge in [-0.15, -0.1) is 0 Å². The highest BCUT2D eigenvalue weighted by Crippen LogP contribution is 2.23. The van der Waals surface area contributed by atoms with Crippen LogP contribution in [0.4, 0.5) is 0 Å². The number of rotatable bonds is 11. The summed E-state index contributed by atoms with van der Waals surface area (Å²) in [5.41, 5.74) is 3.69. The molecule has 0 spiro atoms. The van der Waals surface area contributed by atoms with Crippen LogP contribution >= 0.6 is 11.3 Å². The van der Waals surface area contributed by atoms with E-state index in [0.717, 1.165) is 34.2 Å². The molecule has 0 aliphatic carbocycles. The van der Waals surface area contributed by atoms with Crippen LogP contribution in [0.3, 0.4) is 0 Å². The van der Waals surface area contributed by atoms with E-state index in [-0.39, 0.29) is 4.90 Å². The van der Waals surface area contributed by atoms with Gasteiger partial charge in [0.15, 0.2) is 4.80 Å². The number of ether oxygens (including phenoxy) is 1. The molecule has 9 heteroatoms. The van der Waals surface area contributed by atoms with Gasteiger partial charge in [-0.2, -0.15) is 9.30 Å². The Kier molecular flexibility index (Phi) is 9.40. The lowest BCUT2D eigenvalue weighted by Crippen LogP contribution is -2.31. The lowest BCUT2D eigenvalue weighted by Gasteiger charge is -2.20. The minimum absolute atomic E-state index is 0.187. The average Bonchev–Trinajstić information content (AvgIpc) is 3.16. The fourth-order valence-electron chi connectivity index (χ4n) is 4.04. The number of benzene rings is 2. The number of hydrogen-bond donors (Lipinski definition) is 0. The van der Waals surface area contributed by atoms with Gasteiger partial charge in [-0.1, -0.05) is 37.7 Å². The lowest BCUT2D eigenvalue weighted by atomic mass is 10.1. The highest BCUT2D eigenvalue weighted by Gasteiger charge is 2.22. The van der Waals surface area contributed by atoms with E-state index in [1.807, 2.05) is 25.3 Å². The zero-order valence-corrected chi connectivity index (χ0v) is 22.8. The minimum Gasteiger partial charge on any atom is -0.380 e. The van der Waals surface area contributed by atoms with Crippen molar-refractivity contribution in [3.63, 3.8) is 0 Å². The van der Waals surface area contributed by atoms with E-state index in [4.69, 9.17) is 4.74 Å². The van der Waals surface area contributed by atoms with Crippen LogP contribution in [-0.4, -0.2) is 49.5 Å². The van der Waals surface area contributed by atoms with Crippen molar-refractivity contribution >= 4 is 37.5 Å². The predicted octanol–water partition coefficient (Wildman–Crippen LogP) is 4.91. The molecule has 0 fully saturated rings. The van der Waals surface area contributed by atoms with Crippen molar-refractivity contribution in [2.24, 2.45) is 4.99 Å². The first kappa shape index (κ1) is 27.3. The fourth-order valence-corrected chi connectivity index (χ4v) is 6.76. The molecule has 0 aliphatic heterocycles. The molecule has 1 amide bonds. The quantitative estimate of drug-likeness (QED) is 0.339. The van der Waals surface area contributed by atoms with Crippen LogP contribution in [0.1, 0.15) is 55.1 Å². The summed E-state index contributed by atoms with van der Waals surface area (Å²) in [6.45, 7) is 12.6. The van der Waals surface area contributed by atoms with E-state index >= 15 is 0 Å². The van der Waals surface area contributed by atoms with Crippen LogP contribution < -0.4 is 4.80 Å². The van der Waals surface area contributed by atoms with Gasteiger partial charge < -0.3 is 9.30 Å². The maximum absolute atomic E-state index is 13.1. The zero-order chi connectivity index (χ0) is 25.6. The van der Waals surface area contributed by atoms with Gasteiger partial charge in [0.2, 0.25) is 10.0 Å². The van der Waals surface area contributed by atoms with Gasteiger partial charge in [0.1, 0.15) is 0 Å². The average molecular weight is 518 g/mol. The number of thiazole rings is 1. The highest BCUT2D eigenvalue weighted by atomic mass is 32.2. The molecule has 3 aromatic rings. The molecule has 0 bridgehead atoms. The Morgan fingerprint density at radius 1 is 1.11 bits per heavy atom. The van der Waals surface area contributed by atoms with Crippen LogP contribution in [0.15, 0.2) is 46.3 Å². The van der Waals surface area contributed by atoms with Crippen LogP contribution in [0.2, 0.25) is 0 Å². The Balaban J connectivity index is 1.96. The molecule has 2 aromatic carbocycles. The Labute approximate surface area is 212 Å². The van der Waals surface area contributed by atoms with Gasteiger partial charge in [0, 0.05) is 31.8 Å². The summed E-state index contributed by atoms with van der Waals surface area (Å²) in [6.07, 6.45) is 1.72. The van der Waals surface area contributed by atoms with Crippen molar-refractivity contribution in [3.8, 4) is 0 Å². The van der Waals surface area contributed by atoms with Crippen LogP contribution in [0.5, 0.6) is 0 Å². The molecule has 0 saturated heterocycles. The summed E-state index contributed by atoms with van der Waals surface area (Å²) < 4.78 is 36.1. The molecule has 0 saturated carbocycles. The highest BCUT2D eigenvalue weighted by molar-refractivity contribution is 7.89. The van der Waals surface area contributed by atoms with Crippen molar-refractivity contribution in [1.29, 1.82) is 0 Å². The molecule has 1 heterocycles. The molecule has 0 aliphatic rings. The van der Waals surface area contributed by atoms with Crippen LogP contribution in [0.25, 0.3) is 10.2 Å². The Hall–Kier alpha value is -2.33. The van der Waals surface area contributed by atoms with E-state index in [2.05, 4.69) is 31.0 Å². The summed E-state index contributed by atoms with van der Waals surface area (Å²) in [5.74, 6) is -0.404. The van der Waals surface area contributed by atoms with Gasteiger partial charge in [-0.25, -0.2) is 8.42 Å². The van der Waals surface area contributed by atoms with E-state index in [1.54, 1.807) is 12.1 Å². The van der Waals surface area contributed by atoms with Crippen LogP contribution in [-0.2, 0) is 21.3 Å². The number of amides is 1.